The van der Waals surface area contributed by atoms with E-state index >= 15 is 0 Å². The Balaban J connectivity index is 1.30. The molecule has 170 valence electrons. The van der Waals surface area contributed by atoms with E-state index < -0.39 is 5.97 Å². The van der Waals surface area contributed by atoms with E-state index in [1.54, 1.807) is 30.5 Å². The number of fused-ring (bicyclic) bond motifs is 1. The number of aryl methyl sites for hydroxylation is 2. The molecule has 0 aliphatic carbocycles. The van der Waals surface area contributed by atoms with Crippen molar-refractivity contribution in [1.29, 1.82) is 0 Å². The smallest absolute Gasteiger partial charge is 0.310 e. The molecule has 1 amide bonds. The molecule has 9 heteroatoms. The van der Waals surface area contributed by atoms with Crippen LogP contribution in [-0.4, -0.2) is 29.1 Å². The summed E-state index contributed by atoms with van der Waals surface area (Å²) in [6, 6.07) is 11.0. The molecule has 33 heavy (non-hydrogen) atoms. The van der Waals surface area contributed by atoms with E-state index in [1.165, 1.54) is 7.11 Å². The van der Waals surface area contributed by atoms with Crippen molar-refractivity contribution in [3.05, 3.63) is 71.1 Å². The normalized spacial score (nSPS) is 10.9. The van der Waals surface area contributed by atoms with Gasteiger partial charge in [-0.1, -0.05) is 17.3 Å². The fraction of sp³-hybridized carbons (Fsp3) is 0.250. The van der Waals surface area contributed by atoms with E-state index in [0.29, 0.717) is 11.4 Å². The number of benzene rings is 2. The molecule has 4 aromatic rings. The predicted octanol–water partition coefficient (Wildman–Crippen LogP) is 3.91. The predicted molar refractivity (Wildman–Crippen MR) is 119 cm³/mol. The number of para-hydroxylation sites is 2. The number of anilines is 1. The maximum absolute atomic E-state index is 12.3. The largest absolute Gasteiger partial charge is 0.495 e. The van der Waals surface area contributed by atoms with Gasteiger partial charge in [0.2, 0.25) is 5.91 Å². The van der Waals surface area contributed by atoms with E-state index in [-0.39, 0.29) is 37.1 Å². The molecule has 2 aromatic carbocycles. The number of amides is 1. The van der Waals surface area contributed by atoms with Crippen molar-refractivity contribution in [1.82, 2.24) is 10.1 Å². The average Bonchev–Trinajstić information content (AvgIpc) is 3.40. The van der Waals surface area contributed by atoms with E-state index in [2.05, 4.69) is 15.5 Å². The monoisotopic (exact) mass is 449 g/mol. The Morgan fingerprint density at radius 2 is 1.88 bits per heavy atom. The zero-order valence-electron chi connectivity index (χ0n) is 18.5. The Bertz CT molecular complexity index is 1310. The van der Waals surface area contributed by atoms with Gasteiger partial charge in [0.1, 0.15) is 11.3 Å². The summed E-state index contributed by atoms with van der Waals surface area (Å²) in [4.78, 5) is 28.7. The second-order valence-electron chi connectivity index (χ2n) is 7.56. The van der Waals surface area contributed by atoms with Crippen LogP contribution in [0.1, 0.15) is 28.4 Å². The number of ether oxygens (including phenoxy) is 2. The van der Waals surface area contributed by atoms with Gasteiger partial charge < -0.3 is 23.7 Å². The third kappa shape index (κ3) is 5.20. The number of methoxy groups -OCH3 is 1. The third-order valence-corrected chi connectivity index (χ3v) is 5.17. The van der Waals surface area contributed by atoms with Crippen molar-refractivity contribution in [2.75, 3.05) is 12.4 Å². The quantitative estimate of drug-likeness (QED) is 0.403. The molecule has 9 nitrogen and oxygen atoms in total. The van der Waals surface area contributed by atoms with E-state index in [0.717, 1.165) is 27.7 Å². The highest BCUT2D eigenvalue weighted by molar-refractivity contribution is 5.93. The highest BCUT2D eigenvalue weighted by Gasteiger charge is 2.16. The summed E-state index contributed by atoms with van der Waals surface area (Å²) in [7, 11) is 1.52. The van der Waals surface area contributed by atoms with Gasteiger partial charge in [-0.3, -0.25) is 9.59 Å². The van der Waals surface area contributed by atoms with Crippen LogP contribution >= 0.6 is 0 Å². The fourth-order valence-corrected chi connectivity index (χ4v) is 3.33. The van der Waals surface area contributed by atoms with Crippen molar-refractivity contribution < 1.29 is 28.0 Å². The number of aromatic nitrogens is 2. The van der Waals surface area contributed by atoms with Gasteiger partial charge in [-0.15, -0.1) is 0 Å². The van der Waals surface area contributed by atoms with Gasteiger partial charge in [0, 0.05) is 10.9 Å². The van der Waals surface area contributed by atoms with Crippen LogP contribution in [0.15, 0.2) is 51.6 Å². The molecule has 0 bridgehead atoms. The number of carbonyl (C=O) groups is 2. The number of hydrogen-bond donors (Lipinski definition) is 1. The third-order valence-electron chi connectivity index (χ3n) is 5.17. The van der Waals surface area contributed by atoms with Gasteiger partial charge in [0.15, 0.2) is 12.4 Å². The second-order valence-corrected chi connectivity index (χ2v) is 7.56. The lowest BCUT2D eigenvalue weighted by molar-refractivity contribution is -0.144. The van der Waals surface area contributed by atoms with Crippen LogP contribution < -0.4 is 10.1 Å². The molecule has 4 rings (SSSR count). The molecule has 0 aliphatic rings. The molecule has 0 saturated heterocycles. The van der Waals surface area contributed by atoms with Crippen molar-refractivity contribution >= 4 is 28.5 Å². The highest BCUT2D eigenvalue weighted by Crippen LogP contribution is 2.25. The maximum atomic E-state index is 12.3. The number of rotatable bonds is 8. The van der Waals surface area contributed by atoms with Gasteiger partial charge in [-0.05, 0) is 49.2 Å². The first-order chi connectivity index (χ1) is 15.9. The Morgan fingerprint density at radius 3 is 2.70 bits per heavy atom. The summed E-state index contributed by atoms with van der Waals surface area (Å²) in [5.74, 6) is 0.0418. The van der Waals surface area contributed by atoms with Crippen LogP contribution in [0.3, 0.4) is 0 Å². The Labute approximate surface area is 189 Å². The molecule has 0 saturated carbocycles. The van der Waals surface area contributed by atoms with Gasteiger partial charge >= 0.3 is 5.97 Å². The minimum atomic E-state index is -0.454. The zero-order valence-corrected chi connectivity index (χ0v) is 18.5. The van der Waals surface area contributed by atoms with Crippen LogP contribution in [0.25, 0.3) is 11.0 Å². The van der Waals surface area contributed by atoms with Crippen LogP contribution in [-0.2, 0) is 33.8 Å². The summed E-state index contributed by atoms with van der Waals surface area (Å²) in [5, 5.41) is 7.39. The lowest BCUT2D eigenvalue weighted by atomic mass is 10.0. The van der Waals surface area contributed by atoms with E-state index in [9.17, 15) is 9.59 Å². The van der Waals surface area contributed by atoms with Crippen molar-refractivity contribution in [2.45, 2.75) is 33.3 Å². The standard InChI is InChI=1S/C24H23N3O6/c1-14-8-17-16(12-31-20(17)9-15(14)2)10-24(29)32-13-23-26-21(27-33-23)11-22(28)25-18-6-4-5-7-19(18)30-3/h4-9,12H,10-11,13H2,1-3H3,(H,25,28). The first-order valence-electron chi connectivity index (χ1n) is 10.3. The molecule has 0 fully saturated rings. The Hall–Kier alpha value is -4.14. The molecular formula is C24H23N3O6. The molecule has 0 spiro atoms. The number of nitrogens with zero attached hydrogens (tertiary/aromatic N) is 2. The highest BCUT2D eigenvalue weighted by atomic mass is 16.6. The fourth-order valence-electron chi connectivity index (χ4n) is 3.33. The molecule has 1 N–H and O–H groups in total. The minimum absolute atomic E-state index is 0.0534. The summed E-state index contributed by atoms with van der Waals surface area (Å²) >= 11 is 0. The number of nitrogens with one attached hydrogen (secondary N) is 1. The van der Waals surface area contributed by atoms with Crippen LogP contribution in [0.2, 0.25) is 0 Å². The summed E-state index contributed by atoms with van der Waals surface area (Å²) in [6.07, 6.45) is 1.52. The van der Waals surface area contributed by atoms with Crippen LogP contribution in [0.4, 0.5) is 5.69 Å². The lowest BCUT2D eigenvalue weighted by Gasteiger charge is -2.08. The minimum Gasteiger partial charge on any atom is -0.495 e. The van der Waals surface area contributed by atoms with Crippen LogP contribution in [0.5, 0.6) is 5.75 Å². The Kier molecular flexibility index (Phi) is 6.39. The first-order valence-corrected chi connectivity index (χ1v) is 10.3. The van der Waals surface area contributed by atoms with Crippen molar-refractivity contribution in [2.24, 2.45) is 0 Å². The number of esters is 1. The summed E-state index contributed by atoms with van der Waals surface area (Å²) in [6.45, 7) is 3.83. The zero-order chi connectivity index (χ0) is 23.4. The number of hydrogen-bond acceptors (Lipinski definition) is 8. The second kappa shape index (κ2) is 9.56. The van der Waals surface area contributed by atoms with E-state index in [1.807, 2.05) is 26.0 Å². The van der Waals surface area contributed by atoms with Gasteiger partial charge in [0.25, 0.3) is 5.89 Å². The SMILES string of the molecule is COc1ccccc1NC(=O)Cc1noc(COC(=O)Cc2coc3cc(C)c(C)cc23)n1. The van der Waals surface area contributed by atoms with E-state index in [4.69, 9.17) is 18.4 Å². The van der Waals surface area contributed by atoms with Crippen LogP contribution in [0, 0.1) is 13.8 Å². The number of carbonyl (C=O) groups excluding carboxylic acids is 2. The first kappa shape index (κ1) is 22.1. The maximum Gasteiger partial charge on any atom is 0.310 e. The van der Waals surface area contributed by atoms with Gasteiger partial charge in [0.05, 0.1) is 31.9 Å². The molecule has 0 radical (unpaired) electrons. The Morgan fingerprint density at radius 1 is 1.09 bits per heavy atom. The average molecular weight is 449 g/mol. The summed E-state index contributed by atoms with van der Waals surface area (Å²) < 4.78 is 21.1. The number of furan rings is 1. The molecule has 0 unspecified atom stereocenters. The lowest BCUT2D eigenvalue weighted by Crippen LogP contribution is -2.15. The van der Waals surface area contributed by atoms with Crippen molar-refractivity contribution in [3.8, 4) is 5.75 Å². The molecule has 0 aliphatic heterocycles. The molecule has 0 atom stereocenters. The topological polar surface area (TPSA) is 117 Å². The van der Waals surface area contributed by atoms with Crippen molar-refractivity contribution in [3.63, 3.8) is 0 Å². The molecule has 2 aromatic heterocycles. The molecule has 2 heterocycles. The van der Waals surface area contributed by atoms with Gasteiger partial charge in [-0.2, -0.15) is 4.98 Å². The molecular weight excluding hydrogens is 426 g/mol. The van der Waals surface area contributed by atoms with Gasteiger partial charge in [-0.25, -0.2) is 0 Å². The summed E-state index contributed by atoms with van der Waals surface area (Å²) in [5.41, 5.74) is 4.26.